The second kappa shape index (κ2) is 10.3. The molecule has 0 bridgehead atoms. The van der Waals surface area contributed by atoms with Crippen molar-refractivity contribution in [2.75, 3.05) is 10.6 Å². The van der Waals surface area contributed by atoms with Crippen LogP contribution in [0.5, 0.6) is 0 Å². The van der Waals surface area contributed by atoms with Crippen molar-refractivity contribution < 1.29 is 14.4 Å². The average Bonchev–Trinajstić information content (AvgIpc) is 3.58. The highest BCUT2D eigenvalue weighted by atomic mass is 35.5. The fraction of sp³-hybridized carbons (Fsp3) is 0.111. The number of hydrogen-bond donors (Lipinski definition) is 2. The molecule has 0 saturated carbocycles. The Morgan fingerprint density at radius 3 is 2.82 bits per heavy atom. The molecule has 4 aromatic heterocycles. The van der Waals surface area contributed by atoms with Crippen LogP contribution in [-0.4, -0.2) is 48.0 Å². The molecule has 0 fully saturated rings. The lowest BCUT2D eigenvalue weighted by atomic mass is 10.1. The molecule has 1 aliphatic heterocycles. The molecular formula is C27H20ClN7O3S. The van der Waals surface area contributed by atoms with E-state index in [9.17, 15) is 14.4 Å². The van der Waals surface area contributed by atoms with Crippen molar-refractivity contribution in [1.29, 1.82) is 0 Å². The molecule has 0 spiro atoms. The molecular weight excluding hydrogens is 538 g/mol. The van der Waals surface area contributed by atoms with Gasteiger partial charge in [-0.25, -0.2) is 9.97 Å². The Bertz CT molecular complexity index is 1720. The van der Waals surface area contributed by atoms with Gasteiger partial charge >= 0.3 is 0 Å². The van der Waals surface area contributed by atoms with Gasteiger partial charge in [-0.1, -0.05) is 23.7 Å². The normalized spacial score (nSPS) is 15.1. The van der Waals surface area contributed by atoms with E-state index in [0.717, 1.165) is 0 Å². The fourth-order valence-corrected chi connectivity index (χ4v) is 5.51. The van der Waals surface area contributed by atoms with Gasteiger partial charge in [-0.2, -0.15) is 0 Å². The zero-order valence-electron chi connectivity index (χ0n) is 20.2. The molecule has 1 aromatic carbocycles. The van der Waals surface area contributed by atoms with Crippen LogP contribution in [0.1, 0.15) is 31.3 Å². The minimum Gasteiger partial charge on any atom is -0.323 e. The maximum atomic E-state index is 13.6. The van der Waals surface area contributed by atoms with Gasteiger partial charge in [-0.15, -0.1) is 11.3 Å². The average molecular weight is 558 g/mol. The lowest BCUT2D eigenvalue weighted by Crippen LogP contribution is -2.46. The summed E-state index contributed by atoms with van der Waals surface area (Å²) in [6, 6.07) is 11.3. The molecule has 10 nitrogen and oxygen atoms in total. The van der Waals surface area contributed by atoms with Crippen LogP contribution < -0.4 is 10.6 Å². The van der Waals surface area contributed by atoms with Crippen LogP contribution in [0.15, 0.2) is 78.8 Å². The Kier molecular flexibility index (Phi) is 6.51. The van der Waals surface area contributed by atoms with E-state index in [4.69, 9.17) is 11.6 Å². The van der Waals surface area contributed by atoms with Crippen molar-refractivity contribution >= 4 is 57.8 Å². The molecule has 0 unspecified atom stereocenters. The molecule has 6 rings (SSSR count). The molecule has 5 aromatic rings. The monoisotopic (exact) mass is 557 g/mol. The molecule has 1 aliphatic rings. The molecule has 0 saturated heterocycles. The molecule has 194 valence electrons. The van der Waals surface area contributed by atoms with Crippen LogP contribution in [0.25, 0.3) is 5.65 Å². The first-order valence-electron chi connectivity index (χ1n) is 11.9. The number of nitrogens with one attached hydrogen (secondary N) is 2. The molecule has 3 amide bonds. The number of amides is 3. The summed E-state index contributed by atoms with van der Waals surface area (Å²) in [6.45, 7) is 0.113. The Morgan fingerprint density at radius 2 is 2.00 bits per heavy atom. The number of nitrogens with zero attached hydrogens (tertiary/aromatic N) is 5. The first-order chi connectivity index (χ1) is 19.0. The van der Waals surface area contributed by atoms with E-state index in [2.05, 4.69) is 25.6 Å². The highest BCUT2D eigenvalue weighted by Crippen LogP contribution is 2.31. The SMILES string of the molecule is O=C(Nc1cn2ccnc2cn1)c1ccc(CN2C(=O)c3sccc3NC(=O)[C@H]2Cc2ccccn2)cc1Cl. The van der Waals surface area contributed by atoms with E-state index in [0.29, 0.717) is 33.3 Å². The smallest absolute Gasteiger partial charge is 0.267 e. The van der Waals surface area contributed by atoms with Gasteiger partial charge in [0.25, 0.3) is 11.8 Å². The van der Waals surface area contributed by atoms with Crippen LogP contribution >= 0.6 is 22.9 Å². The first-order valence-corrected chi connectivity index (χ1v) is 13.2. The van der Waals surface area contributed by atoms with Gasteiger partial charge < -0.3 is 19.9 Å². The number of halogens is 1. The number of imidazole rings is 1. The third kappa shape index (κ3) is 4.97. The van der Waals surface area contributed by atoms with E-state index in [1.54, 1.807) is 71.1 Å². The van der Waals surface area contributed by atoms with Gasteiger partial charge in [0.2, 0.25) is 5.91 Å². The number of thiophene rings is 1. The van der Waals surface area contributed by atoms with E-state index in [1.165, 1.54) is 16.2 Å². The Morgan fingerprint density at radius 1 is 1.10 bits per heavy atom. The number of pyridine rings is 1. The van der Waals surface area contributed by atoms with Crippen molar-refractivity contribution in [2.45, 2.75) is 19.0 Å². The number of anilines is 2. The number of fused-ring (bicyclic) bond motifs is 2. The van der Waals surface area contributed by atoms with E-state index in [1.807, 2.05) is 12.1 Å². The Balaban J connectivity index is 1.26. The van der Waals surface area contributed by atoms with E-state index in [-0.39, 0.29) is 35.4 Å². The highest BCUT2D eigenvalue weighted by Gasteiger charge is 2.36. The van der Waals surface area contributed by atoms with Gasteiger partial charge in [-0.3, -0.25) is 19.4 Å². The van der Waals surface area contributed by atoms with Crippen LogP contribution in [-0.2, 0) is 17.8 Å². The van der Waals surface area contributed by atoms with Gasteiger partial charge in [0.1, 0.15) is 16.7 Å². The largest absolute Gasteiger partial charge is 0.323 e. The summed E-state index contributed by atoms with van der Waals surface area (Å²) in [5, 5.41) is 7.59. The number of hydrogen-bond acceptors (Lipinski definition) is 7. The van der Waals surface area contributed by atoms with E-state index >= 15 is 0 Å². The van der Waals surface area contributed by atoms with Crippen LogP contribution in [0.4, 0.5) is 11.5 Å². The van der Waals surface area contributed by atoms with Gasteiger partial charge in [0, 0.05) is 37.3 Å². The summed E-state index contributed by atoms with van der Waals surface area (Å²) in [5.74, 6) is -0.648. The van der Waals surface area contributed by atoms with Crippen LogP contribution in [0, 0.1) is 0 Å². The topological polar surface area (TPSA) is 122 Å². The number of rotatable bonds is 6. The van der Waals surface area contributed by atoms with Gasteiger partial charge in [0.15, 0.2) is 5.65 Å². The molecule has 12 heteroatoms. The standard InChI is InChI=1S/C27H20ClN7O3S/c28-19-11-16(4-5-18(19)25(36)33-22-15-34-9-8-30-23(34)13-31-22)14-35-21(12-17-3-1-2-7-29-17)26(37)32-20-6-10-39-24(20)27(35)38/h1-11,13,15,21H,12,14H2,(H,32,37)(H,33,36)/t21-/m1/s1. The maximum absolute atomic E-state index is 13.6. The number of carbonyl (C=O) groups is 3. The summed E-state index contributed by atoms with van der Waals surface area (Å²) in [4.78, 5) is 54.5. The number of benzene rings is 1. The fourth-order valence-electron chi connectivity index (χ4n) is 4.42. The summed E-state index contributed by atoms with van der Waals surface area (Å²) >= 11 is 7.80. The molecule has 0 aliphatic carbocycles. The number of carbonyl (C=O) groups excluding carboxylic acids is 3. The van der Waals surface area contributed by atoms with Crippen molar-refractivity contribution in [3.63, 3.8) is 0 Å². The Hall–Kier alpha value is -4.61. The third-order valence-electron chi connectivity index (χ3n) is 6.34. The van der Waals surface area contributed by atoms with Crippen LogP contribution in [0.3, 0.4) is 0 Å². The van der Waals surface area contributed by atoms with E-state index < -0.39 is 11.9 Å². The van der Waals surface area contributed by atoms with Crippen molar-refractivity contribution in [2.24, 2.45) is 0 Å². The summed E-state index contributed by atoms with van der Waals surface area (Å²) in [6.07, 6.45) is 8.49. The van der Waals surface area contributed by atoms with Crippen molar-refractivity contribution in [3.8, 4) is 0 Å². The second-order valence-corrected chi connectivity index (χ2v) is 10.2. The molecule has 39 heavy (non-hydrogen) atoms. The summed E-state index contributed by atoms with van der Waals surface area (Å²) < 4.78 is 1.74. The molecule has 0 radical (unpaired) electrons. The highest BCUT2D eigenvalue weighted by molar-refractivity contribution is 7.12. The Labute approximate surface area is 231 Å². The zero-order chi connectivity index (χ0) is 26.9. The minimum absolute atomic E-state index is 0.113. The predicted octanol–water partition coefficient (Wildman–Crippen LogP) is 4.30. The molecule has 1 atom stereocenters. The summed E-state index contributed by atoms with van der Waals surface area (Å²) in [5.41, 5.74) is 2.76. The van der Waals surface area contributed by atoms with Crippen molar-refractivity contribution in [1.82, 2.24) is 24.3 Å². The van der Waals surface area contributed by atoms with Gasteiger partial charge in [0.05, 0.1) is 28.7 Å². The quantitative estimate of drug-likeness (QED) is 0.321. The molecule has 5 heterocycles. The first kappa shape index (κ1) is 24.7. The van der Waals surface area contributed by atoms with Crippen LogP contribution in [0.2, 0.25) is 5.02 Å². The second-order valence-electron chi connectivity index (χ2n) is 8.86. The lowest BCUT2D eigenvalue weighted by Gasteiger charge is -2.28. The maximum Gasteiger partial charge on any atom is 0.267 e. The predicted molar refractivity (Wildman–Crippen MR) is 147 cm³/mol. The minimum atomic E-state index is -0.794. The zero-order valence-corrected chi connectivity index (χ0v) is 21.8. The number of aromatic nitrogens is 4. The molecule has 2 N–H and O–H groups in total. The third-order valence-corrected chi connectivity index (χ3v) is 7.55. The van der Waals surface area contributed by atoms with Crippen molar-refractivity contribution in [3.05, 3.63) is 106 Å². The lowest BCUT2D eigenvalue weighted by molar-refractivity contribution is -0.120. The van der Waals surface area contributed by atoms with Gasteiger partial charge in [-0.05, 0) is 41.3 Å². The summed E-state index contributed by atoms with van der Waals surface area (Å²) in [7, 11) is 0.